The number of sulfone groups is 1. The van der Waals surface area contributed by atoms with Crippen LogP contribution in [0.1, 0.15) is 20.3 Å². The molecule has 0 saturated carbocycles. The maximum atomic E-state index is 13.3. The molecule has 0 bridgehead atoms. The number of hydrogen-bond acceptors (Lipinski definition) is 6. The lowest BCUT2D eigenvalue weighted by Gasteiger charge is -2.34. The molecule has 0 amide bonds. The molecule has 6 nitrogen and oxygen atoms in total. The molecule has 3 heterocycles. The van der Waals surface area contributed by atoms with Gasteiger partial charge in [0.2, 0.25) is 20.7 Å². The van der Waals surface area contributed by atoms with Crippen LogP contribution in [-0.2, 0) is 9.84 Å². The number of anilines is 1. The third-order valence-corrected chi connectivity index (χ3v) is 6.44. The molecular formula is C20H22N2O4S. The zero-order chi connectivity index (χ0) is 19.0. The predicted molar refractivity (Wildman–Crippen MR) is 101 cm³/mol. The first kappa shape index (κ1) is 17.9. The fraction of sp³-hybridized carbons (Fsp3) is 0.350. The standard InChI is InChI=1S/C20H22N2O4S/c1-14-11-15(2)13-22(12-14)20-19(21-18(26-20)17-9-6-10-25-17)27(23,24)16-7-4-3-5-8-16/h3-10,14-15H,11-13H2,1-2H3/t14-,15-/m1/s1. The van der Waals surface area contributed by atoms with Crippen LogP contribution in [0.3, 0.4) is 0 Å². The SMILES string of the molecule is C[C@@H]1C[C@@H](C)CN(c2oc(-c3ccco3)nc2S(=O)(=O)c2ccccc2)C1. The molecule has 4 rings (SSSR count). The molecule has 2 aromatic heterocycles. The van der Waals surface area contributed by atoms with Gasteiger partial charge >= 0.3 is 0 Å². The monoisotopic (exact) mass is 386 g/mol. The Morgan fingerprint density at radius 2 is 1.74 bits per heavy atom. The first-order valence-electron chi connectivity index (χ1n) is 9.05. The third kappa shape index (κ3) is 3.39. The van der Waals surface area contributed by atoms with Crippen LogP contribution in [0.2, 0.25) is 0 Å². The van der Waals surface area contributed by atoms with E-state index in [0.29, 0.717) is 23.5 Å². The molecule has 0 N–H and O–H groups in total. The summed E-state index contributed by atoms with van der Waals surface area (Å²) < 4.78 is 37.8. The number of piperidine rings is 1. The molecule has 142 valence electrons. The molecule has 1 fully saturated rings. The second kappa shape index (κ2) is 6.88. The van der Waals surface area contributed by atoms with Crippen LogP contribution in [0, 0.1) is 11.8 Å². The van der Waals surface area contributed by atoms with E-state index in [2.05, 4.69) is 18.8 Å². The van der Waals surface area contributed by atoms with Gasteiger partial charge < -0.3 is 13.7 Å². The minimum Gasteiger partial charge on any atom is -0.459 e. The zero-order valence-electron chi connectivity index (χ0n) is 15.3. The number of oxazole rings is 1. The molecule has 0 unspecified atom stereocenters. The number of nitrogens with zero attached hydrogens (tertiary/aromatic N) is 2. The van der Waals surface area contributed by atoms with Crippen molar-refractivity contribution in [1.82, 2.24) is 4.98 Å². The quantitative estimate of drug-likeness (QED) is 0.667. The topological polar surface area (TPSA) is 76.6 Å². The molecule has 1 saturated heterocycles. The molecule has 0 aliphatic carbocycles. The van der Waals surface area contributed by atoms with Crippen molar-refractivity contribution in [3.63, 3.8) is 0 Å². The molecule has 7 heteroatoms. The van der Waals surface area contributed by atoms with Gasteiger partial charge in [-0.1, -0.05) is 32.0 Å². The van der Waals surface area contributed by atoms with Crippen molar-refractivity contribution >= 4 is 15.7 Å². The van der Waals surface area contributed by atoms with E-state index < -0.39 is 9.84 Å². The van der Waals surface area contributed by atoms with Gasteiger partial charge in [-0.25, -0.2) is 8.42 Å². The number of hydrogen-bond donors (Lipinski definition) is 0. The van der Waals surface area contributed by atoms with Crippen LogP contribution in [-0.4, -0.2) is 26.5 Å². The Balaban J connectivity index is 1.84. The van der Waals surface area contributed by atoms with Crippen LogP contribution in [0.15, 0.2) is 67.5 Å². The fourth-order valence-electron chi connectivity index (χ4n) is 3.72. The van der Waals surface area contributed by atoms with E-state index in [0.717, 1.165) is 19.5 Å². The first-order chi connectivity index (χ1) is 12.9. The fourth-order valence-corrected chi connectivity index (χ4v) is 5.06. The Morgan fingerprint density at radius 3 is 2.37 bits per heavy atom. The normalized spacial score (nSPS) is 20.7. The Labute approximate surface area is 158 Å². The molecule has 1 aliphatic rings. The van der Waals surface area contributed by atoms with Crippen LogP contribution >= 0.6 is 0 Å². The molecule has 0 radical (unpaired) electrons. The maximum absolute atomic E-state index is 13.3. The second-order valence-electron chi connectivity index (χ2n) is 7.27. The summed E-state index contributed by atoms with van der Waals surface area (Å²) in [7, 11) is -3.81. The summed E-state index contributed by atoms with van der Waals surface area (Å²) >= 11 is 0. The average Bonchev–Trinajstić information content (AvgIpc) is 3.31. The van der Waals surface area contributed by atoms with Gasteiger partial charge in [0, 0.05) is 13.1 Å². The average molecular weight is 386 g/mol. The van der Waals surface area contributed by atoms with E-state index >= 15 is 0 Å². The van der Waals surface area contributed by atoms with Gasteiger partial charge in [0.05, 0.1) is 11.2 Å². The summed E-state index contributed by atoms with van der Waals surface area (Å²) in [6, 6.07) is 11.7. The summed E-state index contributed by atoms with van der Waals surface area (Å²) in [6.45, 7) is 5.79. The Morgan fingerprint density at radius 1 is 1.04 bits per heavy atom. The van der Waals surface area contributed by atoms with Gasteiger partial charge in [-0.2, -0.15) is 4.98 Å². The number of rotatable bonds is 4. The largest absolute Gasteiger partial charge is 0.459 e. The minimum absolute atomic E-state index is 0.0543. The van der Waals surface area contributed by atoms with Crippen molar-refractivity contribution in [3.8, 4) is 11.7 Å². The van der Waals surface area contributed by atoms with Gasteiger partial charge in [0.15, 0.2) is 5.76 Å². The third-order valence-electron chi connectivity index (χ3n) is 4.78. The molecule has 0 spiro atoms. The lowest BCUT2D eigenvalue weighted by Crippen LogP contribution is -2.39. The van der Waals surface area contributed by atoms with Crippen molar-refractivity contribution in [1.29, 1.82) is 0 Å². The molecule has 3 aromatic rings. The van der Waals surface area contributed by atoms with Crippen molar-refractivity contribution in [3.05, 3.63) is 48.7 Å². The Bertz CT molecular complexity index is 1000. The van der Waals surface area contributed by atoms with Gasteiger partial charge in [-0.15, -0.1) is 0 Å². The van der Waals surface area contributed by atoms with E-state index in [1.165, 1.54) is 6.26 Å². The van der Waals surface area contributed by atoms with Crippen LogP contribution in [0.25, 0.3) is 11.7 Å². The number of benzene rings is 1. The summed E-state index contributed by atoms with van der Waals surface area (Å²) in [4.78, 5) is 6.53. The van der Waals surface area contributed by atoms with Crippen molar-refractivity contribution < 1.29 is 17.3 Å². The summed E-state index contributed by atoms with van der Waals surface area (Å²) in [6.07, 6.45) is 2.62. The molecule has 1 aromatic carbocycles. The number of aromatic nitrogens is 1. The van der Waals surface area contributed by atoms with Gasteiger partial charge in [0.25, 0.3) is 5.89 Å². The zero-order valence-corrected chi connectivity index (χ0v) is 16.1. The highest BCUT2D eigenvalue weighted by Crippen LogP contribution is 2.37. The van der Waals surface area contributed by atoms with E-state index in [-0.39, 0.29) is 15.8 Å². The predicted octanol–water partition coefficient (Wildman–Crippen LogP) is 4.25. The van der Waals surface area contributed by atoms with E-state index in [1.54, 1.807) is 42.5 Å². The van der Waals surface area contributed by atoms with E-state index in [1.807, 2.05) is 4.90 Å². The van der Waals surface area contributed by atoms with Crippen LogP contribution < -0.4 is 4.90 Å². The smallest absolute Gasteiger partial charge is 0.266 e. The lowest BCUT2D eigenvalue weighted by molar-refractivity contribution is 0.342. The Hall–Kier alpha value is -2.54. The summed E-state index contributed by atoms with van der Waals surface area (Å²) in [5, 5.41) is -0.0543. The second-order valence-corrected chi connectivity index (χ2v) is 9.14. The summed E-state index contributed by atoms with van der Waals surface area (Å²) in [5.74, 6) is 1.76. The summed E-state index contributed by atoms with van der Waals surface area (Å²) in [5.41, 5.74) is 0. The van der Waals surface area contributed by atoms with Gasteiger partial charge in [-0.05, 0) is 42.5 Å². The molecule has 2 atom stereocenters. The van der Waals surface area contributed by atoms with Gasteiger partial charge in [-0.3, -0.25) is 0 Å². The Kier molecular flexibility index (Phi) is 4.55. The van der Waals surface area contributed by atoms with Crippen LogP contribution in [0.4, 0.5) is 5.88 Å². The van der Waals surface area contributed by atoms with Crippen molar-refractivity contribution in [2.75, 3.05) is 18.0 Å². The number of furan rings is 1. The lowest BCUT2D eigenvalue weighted by atomic mass is 9.92. The minimum atomic E-state index is -3.81. The van der Waals surface area contributed by atoms with Gasteiger partial charge in [0.1, 0.15) is 0 Å². The highest BCUT2D eigenvalue weighted by molar-refractivity contribution is 7.91. The molecular weight excluding hydrogens is 364 g/mol. The highest BCUT2D eigenvalue weighted by Gasteiger charge is 2.34. The van der Waals surface area contributed by atoms with E-state index in [9.17, 15) is 8.42 Å². The highest BCUT2D eigenvalue weighted by atomic mass is 32.2. The van der Waals surface area contributed by atoms with Crippen molar-refractivity contribution in [2.24, 2.45) is 11.8 Å². The van der Waals surface area contributed by atoms with Crippen molar-refractivity contribution in [2.45, 2.75) is 30.2 Å². The maximum Gasteiger partial charge on any atom is 0.266 e. The first-order valence-corrected chi connectivity index (χ1v) is 10.5. The van der Waals surface area contributed by atoms with E-state index in [4.69, 9.17) is 8.83 Å². The molecule has 1 aliphatic heterocycles. The van der Waals surface area contributed by atoms with Crippen LogP contribution in [0.5, 0.6) is 0 Å². The molecule has 27 heavy (non-hydrogen) atoms.